The summed E-state index contributed by atoms with van der Waals surface area (Å²) in [4.78, 5) is 14.6. The van der Waals surface area contributed by atoms with Gasteiger partial charge in [0.25, 0.3) is 0 Å². The highest BCUT2D eigenvalue weighted by Crippen LogP contribution is 2.30. The first-order chi connectivity index (χ1) is 9.11. The third-order valence-electron chi connectivity index (χ3n) is 3.77. The maximum atomic E-state index is 12.6. The van der Waals surface area contributed by atoms with Crippen molar-refractivity contribution in [3.05, 3.63) is 35.9 Å². The number of hydrogen-bond acceptors (Lipinski definition) is 3. The Kier molecular flexibility index (Phi) is 4.88. The van der Waals surface area contributed by atoms with Crippen molar-refractivity contribution in [1.29, 1.82) is 0 Å². The molecule has 1 aromatic carbocycles. The van der Waals surface area contributed by atoms with Crippen molar-refractivity contribution in [2.45, 2.75) is 25.9 Å². The van der Waals surface area contributed by atoms with E-state index < -0.39 is 0 Å². The minimum Gasteiger partial charge on any atom is -0.334 e. The molecule has 0 saturated carbocycles. The number of carbonyl (C=O) groups is 1. The number of carbonyl (C=O) groups excluding carboxylic acids is 1. The lowest BCUT2D eigenvalue weighted by molar-refractivity contribution is -0.137. The van der Waals surface area contributed by atoms with Crippen LogP contribution in [-0.2, 0) is 4.79 Å². The molecule has 0 aromatic heterocycles. The van der Waals surface area contributed by atoms with Gasteiger partial charge in [-0.15, -0.1) is 0 Å². The molecule has 3 atom stereocenters. The lowest BCUT2D eigenvalue weighted by Crippen LogP contribution is -2.46. The van der Waals surface area contributed by atoms with Gasteiger partial charge in [-0.05, 0) is 12.5 Å². The highest BCUT2D eigenvalue weighted by Gasteiger charge is 2.31. The molecule has 1 aliphatic heterocycles. The molecule has 4 heteroatoms. The highest BCUT2D eigenvalue weighted by molar-refractivity contribution is 7.99. The summed E-state index contributed by atoms with van der Waals surface area (Å²) in [5.41, 5.74) is 7.10. The Morgan fingerprint density at radius 1 is 1.37 bits per heavy atom. The van der Waals surface area contributed by atoms with Gasteiger partial charge in [0.15, 0.2) is 0 Å². The molecule has 3 unspecified atom stereocenters. The molecule has 1 amide bonds. The van der Waals surface area contributed by atoms with Crippen molar-refractivity contribution in [2.75, 3.05) is 18.1 Å². The Balaban J connectivity index is 2.19. The Hall–Kier alpha value is -1.00. The number of hydrogen-bond donors (Lipinski definition) is 1. The van der Waals surface area contributed by atoms with Gasteiger partial charge < -0.3 is 10.6 Å². The number of thioether (sulfide) groups is 1. The number of nitrogens with zero attached hydrogens (tertiary/aromatic N) is 1. The van der Waals surface area contributed by atoms with Crippen molar-refractivity contribution in [2.24, 2.45) is 11.7 Å². The van der Waals surface area contributed by atoms with Crippen molar-refractivity contribution >= 4 is 17.7 Å². The zero-order chi connectivity index (χ0) is 13.8. The molecule has 1 saturated heterocycles. The monoisotopic (exact) mass is 278 g/mol. The maximum Gasteiger partial charge on any atom is 0.227 e. The van der Waals surface area contributed by atoms with Crippen LogP contribution in [0.2, 0.25) is 0 Å². The van der Waals surface area contributed by atoms with Crippen LogP contribution < -0.4 is 5.73 Å². The van der Waals surface area contributed by atoms with E-state index in [1.54, 1.807) is 0 Å². The van der Waals surface area contributed by atoms with Crippen LogP contribution >= 0.6 is 11.8 Å². The van der Waals surface area contributed by atoms with E-state index >= 15 is 0 Å². The Bertz CT molecular complexity index is 421. The van der Waals surface area contributed by atoms with E-state index in [2.05, 4.69) is 12.1 Å². The van der Waals surface area contributed by atoms with E-state index in [0.717, 1.165) is 18.1 Å². The van der Waals surface area contributed by atoms with Crippen LogP contribution in [0.1, 0.15) is 25.5 Å². The van der Waals surface area contributed by atoms with Gasteiger partial charge in [-0.1, -0.05) is 37.3 Å². The fraction of sp³-hybridized carbons (Fsp3) is 0.533. The molecule has 3 nitrogen and oxygen atoms in total. The summed E-state index contributed by atoms with van der Waals surface area (Å²) in [5.74, 6) is 2.06. The minimum atomic E-state index is -0.116. The van der Waals surface area contributed by atoms with Crippen molar-refractivity contribution < 1.29 is 4.79 Å². The molecule has 104 valence electrons. The molecule has 1 heterocycles. The molecule has 1 fully saturated rings. The number of amides is 1. The predicted molar refractivity (Wildman–Crippen MR) is 81.0 cm³/mol. The van der Waals surface area contributed by atoms with Gasteiger partial charge in [-0.25, -0.2) is 0 Å². The van der Waals surface area contributed by atoms with Crippen molar-refractivity contribution in [3.8, 4) is 0 Å². The average Bonchev–Trinajstić information content (AvgIpc) is 2.46. The van der Waals surface area contributed by atoms with E-state index in [4.69, 9.17) is 5.73 Å². The van der Waals surface area contributed by atoms with E-state index in [9.17, 15) is 4.79 Å². The van der Waals surface area contributed by atoms with Crippen molar-refractivity contribution in [1.82, 2.24) is 4.90 Å². The van der Waals surface area contributed by atoms with Crippen LogP contribution in [0.3, 0.4) is 0 Å². The van der Waals surface area contributed by atoms with Gasteiger partial charge in [0, 0.05) is 24.1 Å². The molecule has 1 aromatic rings. The molecule has 1 aliphatic rings. The zero-order valence-corrected chi connectivity index (χ0v) is 12.4. The fourth-order valence-electron chi connectivity index (χ4n) is 2.31. The first-order valence-corrected chi connectivity index (χ1v) is 7.95. The Morgan fingerprint density at radius 3 is 2.68 bits per heavy atom. The van der Waals surface area contributed by atoms with Gasteiger partial charge in [-0.2, -0.15) is 11.8 Å². The van der Waals surface area contributed by atoms with E-state index in [1.165, 1.54) is 5.56 Å². The van der Waals surface area contributed by atoms with E-state index in [-0.39, 0.29) is 23.9 Å². The molecule has 0 aliphatic carbocycles. The van der Waals surface area contributed by atoms with E-state index in [0.29, 0.717) is 0 Å². The normalized spacial score (nSPS) is 22.9. The first-order valence-electron chi connectivity index (χ1n) is 6.80. The lowest BCUT2D eigenvalue weighted by atomic mass is 10.00. The van der Waals surface area contributed by atoms with Gasteiger partial charge in [0.2, 0.25) is 5.91 Å². The van der Waals surface area contributed by atoms with Crippen LogP contribution in [0.4, 0.5) is 0 Å². The molecule has 0 spiro atoms. The lowest BCUT2D eigenvalue weighted by Gasteiger charge is -2.38. The standard InChI is InChI=1S/C15H22N2OS/c1-11(12(2)16)15(18)17-8-9-19-10-14(17)13-6-4-3-5-7-13/h3-7,11-12,14H,8-10,16H2,1-2H3. The molecular weight excluding hydrogens is 256 g/mol. The Morgan fingerprint density at radius 2 is 2.05 bits per heavy atom. The summed E-state index contributed by atoms with van der Waals surface area (Å²) < 4.78 is 0. The molecule has 0 radical (unpaired) electrons. The van der Waals surface area contributed by atoms with Gasteiger partial charge in [0.1, 0.15) is 0 Å². The molecule has 2 rings (SSSR count). The topological polar surface area (TPSA) is 46.3 Å². The SMILES string of the molecule is CC(N)C(C)C(=O)N1CCSCC1c1ccccc1. The third-order valence-corrected chi connectivity index (χ3v) is 4.80. The zero-order valence-electron chi connectivity index (χ0n) is 11.6. The summed E-state index contributed by atoms with van der Waals surface area (Å²) in [5, 5.41) is 0. The highest BCUT2D eigenvalue weighted by atomic mass is 32.2. The minimum absolute atomic E-state index is 0.0986. The summed E-state index contributed by atoms with van der Waals surface area (Å²) in [6.45, 7) is 4.65. The molecular formula is C15H22N2OS. The van der Waals surface area contributed by atoms with E-state index in [1.807, 2.05) is 48.7 Å². The molecule has 0 bridgehead atoms. The fourth-order valence-corrected chi connectivity index (χ4v) is 3.39. The van der Waals surface area contributed by atoms with Crippen LogP contribution in [0.15, 0.2) is 30.3 Å². The van der Waals surface area contributed by atoms with Crippen molar-refractivity contribution in [3.63, 3.8) is 0 Å². The van der Waals surface area contributed by atoms with Crippen LogP contribution in [-0.4, -0.2) is 34.9 Å². The van der Waals surface area contributed by atoms with Gasteiger partial charge >= 0.3 is 0 Å². The number of rotatable bonds is 3. The van der Waals surface area contributed by atoms with Crippen LogP contribution in [0.5, 0.6) is 0 Å². The average molecular weight is 278 g/mol. The smallest absolute Gasteiger partial charge is 0.227 e. The quantitative estimate of drug-likeness (QED) is 0.922. The largest absolute Gasteiger partial charge is 0.334 e. The number of nitrogens with two attached hydrogens (primary N) is 1. The summed E-state index contributed by atoms with van der Waals surface area (Å²) >= 11 is 1.91. The second-order valence-corrected chi connectivity index (χ2v) is 6.33. The second kappa shape index (κ2) is 6.44. The summed E-state index contributed by atoms with van der Waals surface area (Å²) in [6.07, 6.45) is 0. The summed E-state index contributed by atoms with van der Waals surface area (Å²) in [7, 11) is 0. The van der Waals surface area contributed by atoms with Gasteiger partial charge in [-0.3, -0.25) is 4.79 Å². The second-order valence-electron chi connectivity index (χ2n) is 5.18. The predicted octanol–water partition coefficient (Wildman–Crippen LogP) is 2.29. The van der Waals surface area contributed by atoms with Crippen LogP contribution in [0.25, 0.3) is 0 Å². The maximum absolute atomic E-state index is 12.6. The first kappa shape index (κ1) is 14.4. The number of benzene rings is 1. The molecule has 19 heavy (non-hydrogen) atoms. The Labute approximate surface area is 119 Å². The van der Waals surface area contributed by atoms with Crippen LogP contribution in [0, 0.1) is 5.92 Å². The summed E-state index contributed by atoms with van der Waals surface area (Å²) in [6, 6.07) is 10.4. The third kappa shape index (κ3) is 3.31. The molecule has 2 N–H and O–H groups in total. The van der Waals surface area contributed by atoms with Gasteiger partial charge in [0.05, 0.1) is 12.0 Å².